The van der Waals surface area contributed by atoms with E-state index in [-0.39, 0.29) is 11.8 Å². The highest BCUT2D eigenvalue weighted by Gasteiger charge is 2.15. The molecule has 0 fully saturated rings. The second kappa shape index (κ2) is 7.40. The number of nitrogens with one attached hydrogen (secondary N) is 1. The maximum absolute atomic E-state index is 11.8. The van der Waals surface area contributed by atoms with Crippen LogP contribution >= 0.6 is 0 Å². The van der Waals surface area contributed by atoms with Gasteiger partial charge in [-0.1, -0.05) is 26.5 Å². The first-order valence-corrected chi connectivity index (χ1v) is 7.06. The Morgan fingerprint density at radius 2 is 2.09 bits per heavy atom. The number of anilines is 1. The zero-order valence-electron chi connectivity index (χ0n) is 12.7. The monoisotopic (exact) mass is 301 g/mol. The van der Waals surface area contributed by atoms with Gasteiger partial charge in [0, 0.05) is 12.0 Å². The first-order chi connectivity index (χ1) is 10.6. The van der Waals surface area contributed by atoms with Crippen LogP contribution in [0.3, 0.4) is 0 Å². The molecule has 0 aliphatic rings. The fourth-order valence-corrected chi connectivity index (χ4v) is 1.88. The maximum Gasteiger partial charge on any atom is 0.225 e. The Labute approximate surface area is 129 Å². The second-order valence-electron chi connectivity index (χ2n) is 5.23. The van der Waals surface area contributed by atoms with E-state index in [9.17, 15) is 4.79 Å². The summed E-state index contributed by atoms with van der Waals surface area (Å²) in [5, 5.41) is 10.3. The van der Waals surface area contributed by atoms with E-state index in [1.165, 1.54) is 0 Å². The summed E-state index contributed by atoms with van der Waals surface area (Å²) in [7, 11) is 0. The van der Waals surface area contributed by atoms with Crippen LogP contribution in [0.4, 0.5) is 5.82 Å². The van der Waals surface area contributed by atoms with Gasteiger partial charge in [-0.05, 0) is 40.5 Å². The molecule has 1 heterocycles. The normalized spacial score (nSPS) is 10.5. The minimum atomic E-state index is -0.113. The Morgan fingerprint density at radius 3 is 2.73 bits per heavy atom. The number of aromatic nitrogens is 2. The number of hydrogen-bond donors (Lipinski definition) is 1. The topological polar surface area (TPSA) is 77.2 Å². The van der Waals surface area contributed by atoms with Gasteiger partial charge in [0.25, 0.3) is 0 Å². The molecule has 0 aliphatic carbocycles. The molecular weight excluding hydrogens is 282 g/mol. The van der Waals surface area contributed by atoms with Crippen LogP contribution < -0.4 is 10.1 Å². The highest BCUT2D eigenvalue weighted by Crippen LogP contribution is 2.26. The van der Waals surface area contributed by atoms with Crippen LogP contribution in [-0.4, -0.2) is 22.8 Å². The average Bonchev–Trinajstić information content (AvgIpc) is 2.92. The maximum atomic E-state index is 11.8. The van der Waals surface area contributed by atoms with Gasteiger partial charge >= 0.3 is 0 Å². The molecule has 0 radical (unpaired) electrons. The Morgan fingerprint density at radius 1 is 1.36 bits per heavy atom. The van der Waals surface area contributed by atoms with Crippen molar-refractivity contribution in [1.82, 2.24) is 10.3 Å². The van der Waals surface area contributed by atoms with Crippen molar-refractivity contribution in [2.24, 2.45) is 5.92 Å². The van der Waals surface area contributed by atoms with Crippen molar-refractivity contribution < 1.29 is 14.2 Å². The highest BCUT2D eigenvalue weighted by atomic mass is 16.6. The molecule has 0 atom stereocenters. The number of hydrogen-bond acceptors (Lipinski definition) is 5. The molecule has 0 unspecified atom stereocenters. The quantitative estimate of drug-likeness (QED) is 0.794. The molecule has 2 aromatic rings. The molecule has 0 saturated heterocycles. The van der Waals surface area contributed by atoms with Crippen molar-refractivity contribution in [3.8, 4) is 17.0 Å². The molecule has 22 heavy (non-hydrogen) atoms. The van der Waals surface area contributed by atoms with E-state index < -0.39 is 0 Å². The molecule has 6 heteroatoms. The van der Waals surface area contributed by atoms with Crippen molar-refractivity contribution in [3.05, 3.63) is 36.9 Å². The molecule has 0 spiro atoms. The predicted octanol–water partition coefficient (Wildman–Crippen LogP) is 3.29. The molecular formula is C16H19N3O3. The molecule has 1 amide bonds. The van der Waals surface area contributed by atoms with Crippen molar-refractivity contribution >= 4 is 11.7 Å². The summed E-state index contributed by atoms with van der Waals surface area (Å²) in [6, 6.07) is 7.28. The summed E-state index contributed by atoms with van der Waals surface area (Å²) < 4.78 is 10.2. The molecule has 116 valence electrons. The SMILES string of the molecule is C=CCOc1ccc(-c2nonc2NC(=O)CC(C)C)cc1. The molecule has 0 saturated carbocycles. The van der Waals surface area contributed by atoms with Crippen molar-refractivity contribution in [2.45, 2.75) is 20.3 Å². The standard InChI is InChI=1S/C16H19N3O3/c1-4-9-21-13-7-5-12(6-8-13)15-16(19-22-18-15)17-14(20)10-11(2)3/h4-8,11H,1,9-10H2,2-3H3,(H,17,19,20). The molecule has 2 rings (SSSR count). The van der Waals surface area contributed by atoms with Crippen molar-refractivity contribution in [1.29, 1.82) is 0 Å². The lowest BCUT2D eigenvalue weighted by molar-refractivity contribution is -0.116. The van der Waals surface area contributed by atoms with E-state index in [1.54, 1.807) is 6.08 Å². The van der Waals surface area contributed by atoms with Crippen molar-refractivity contribution in [2.75, 3.05) is 11.9 Å². The fraction of sp³-hybridized carbons (Fsp3) is 0.312. The van der Waals surface area contributed by atoms with Gasteiger partial charge in [0.1, 0.15) is 12.4 Å². The predicted molar refractivity (Wildman–Crippen MR) is 83.5 cm³/mol. The Kier molecular flexibility index (Phi) is 5.30. The summed E-state index contributed by atoms with van der Waals surface area (Å²) in [5.74, 6) is 1.21. The van der Waals surface area contributed by atoms with Gasteiger partial charge in [-0.15, -0.1) is 0 Å². The zero-order valence-corrected chi connectivity index (χ0v) is 12.7. The molecule has 0 bridgehead atoms. The minimum Gasteiger partial charge on any atom is -0.490 e. The average molecular weight is 301 g/mol. The van der Waals surface area contributed by atoms with Gasteiger partial charge in [-0.25, -0.2) is 4.63 Å². The van der Waals surface area contributed by atoms with Crippen LogP contribution in [0, 0.1) is 5.92 Å². The molecule has 1 aromatic carbocycles. The number of benzene rings is 1. The van der Waals surface area contributed by atoms with Gasteiger partial charge in [0.15, 0.2) is 5.69 Å². The summed E-state index contributed by atoms with van der Waals surface area (Å²) in [4.78, 5) is 11.8. The lowest BCUT2D eigenvalue weighted by atomic mass is 10.1. The second-order valence-corrected chi connectivity index (χ2v) is 5.23. The molecule has 0 aliphatic heterocycles. The fourth-order valence-electron chi connectivity index (χ4n) is 1.88. The summed E-state index contributed by atoms with van der Waals surface area (Å²) in [6.45, 7) is 7.99. The van der Waals surface area contributed by atoms with Crippen LogP contribution in [0.2, 0.25) is 0 Å². The zero-order chi connectivity index (χ0) is 15.9. The minimum absolute atomic E-state index is 0.113. The first-order valence-electron chi connectivity index (χ1n) is 7.06. The number of rotatable bonds is 7. The van der Waals surface area contributed by atoms with Crippen LogP contribution in [0.25, 0.3) is 11.3 Å². The number of carbonyl (C=O) groups is 1. The number of nitrogens with zero attached hydrogens (tertiary/aromatic N) is 2. The summed E-state index contributed by atoms with van der Waals surface area (Å²) in [6.07, 6.45) is 2.10. The van der Waals surface area contributed by atoms with Gasteiger partial charge < -0.3 is 10.1 Å². The lowest BCUT2D eigenvalue weighted by Crippen LogP contribution is -2.14. The number of ether oxygens (including phenoxy) is 1. The summed E-state index contributed by atoms with van der Waals surface area (Å²) in [5.41, 5.74) is 1.28. The molecule has 6 nitrogen and oxygen atoms in total. The third kappa shape index (κ3) is 4.18. The number of carbonyl (C=O) groups excluding carboxylic acids is 1. The lowest BCUT2D eigenvalue weighted by Gasteiger charge is -2.06. The first kappa shape index (κ1) is 15.8. The smallest absolute Gasteiger partial charge is 0.225 e. The van der Waals surface area contributed by atoms with E-state index in [0.717, 1.165) is 11.3 Å². The molecule has 1 N–H and O–H groups in total. The van der Waals surface area contributed by atoms with E-state index in [1.807, 2.05) is 38.1 Å². The van der Waals surface area contributed by atoms with Gasteiger partial charge in [-0.3, -0.25) is 4.79 Å². The third-order valence-corrected chi connectivity index (χ3v) is 2.84. The highest BCUT2D eigenvalue weighted by molar-refractivity contribution is 5.93. The van der Waals surface area contributed by atoms with Gasteiger partial charge in [0.2, 0.25) is 11.7 Å². The van der Waals surface area contributed by atoms with E-state index >= 15 is 0 Å². The summed E-state index contributed by atoms with van der Waals surface area (Å²) >= 11 is 0. The van der Waals surface area contributed by atoms with Gasteiger partial charge in [0.05, 0.1) is 0 Å². The number of amides is 1. The van der Waals surface area contributed by atoms with Crippen LogP contribution in [0.5, 0.6) is 5.75 Å². The van der Waals surface area contributed by atoms with Crippen LogP contribution in [-0.2, 0) is 4.79 Å². The third-order valence-electron chi connectivity index (χ3n) is 2.84. The van der Waals surface area contributed by atoms with E-state index in [4.69, 9.17) is 9.37 Å². The largest absolute Gasteiger partial charge is 0.490 e. The van der Waals surface area contributed by atoms with Crippen molar-refractivity contribution in [3.63, 3.8) is 0 Å². The van der Waals surface area contributed by atoms with Crippen LogP contribution in [0.15, 0.2) is 41.5 Å². The van der Waals surface area contributed by atoms with E-state index in [0.29, 0.717) is 24.5 Å². The van der Waals surface area contributed by atoms with E-state index in [2.05, 4.69) is 22.2 Å². The Bertz CT molecular complexity index is 632. The van der Waals surface area contributed by atoms with Crippen LogP contribution in [0.1, 0.15) is 20.3 Å². The van der Waals surface area contributed by atoms with Gasteiger partial charge in [-0.2, -0.15) is 0 Å². The Balaban J connectivity index is 2.11. The Hall–Kier alpha value is -2.63. The molecule has 1 aromatic heterocycles.